The van der Waals surface area contributed by atoms with Gasteiger partial charge < -0.3 is 10.8 Å². The summed E-state index contributed by atoms with van der Waals surface area (Å²) in [5.41, 5.74) is 7.22. The van der Waals surface area contributed by atoms with Crippen LogP contribution in [0, 0.1) is 0 Å². The van der Waals surface area contributed by atoms with Crippen molar-refractivity contribution in [2.75, 3.05) is 5.75 Å². The van der Waals surface area contributed by atoms with Crippen molar-refractivity contribution in [3.05, 3.63) is 48.3 Å². The molecule has 0 atom stereocenters. The molecule has 1 aromatic heterocycles. The van der Waals surface area contributed by atoms with Gasteiger partial charge in [0, 0.05) is 28.4 Å². The molecule has 0 unspecified atom stereocenters. The maximum absolute atomic E-state index is 11.2. The zero-order valence-electron chi connectivity index (χ0n) is 10.4. The van der Waals surface area contributed by atoms with E-state index in [1.54, 1.807) is 36.7 Å². The van der Waals surface area contributed by atoms with Crippen LogP contribution in [0.15, 0.2) is 47.6 Å². The summed E-state index contributed by atoms with van der Waals surface area (Å²) in [6, 6.07) is 8.61. The normalized spacial score (nSPS) is 10.2. The average Bonchev–Trinajstić information content (AvgIpc) is 2.45. The van der Waals surface area contributed by atoms with E-state index in [0.717, 1.165) is 16.0 Å². The average molecular weight is 288 g/mol. The van der Waals surface area contributed by atoms with E-state index in [2.05, 4.69) is 4.98 Å². The number of carbonyl (C=O) groups is 2. The molecule has 0 aliphatic heterocycles. The molecule has 5 nitrogen and oxygen atoms in total. The molecule has 2 aromatic rings. The van der Waals surface area contributed by atoms with E-state index in [1.165, 1.54) is 11.8 Å². The highest BCUT2D eigenvalue weighted by Gasteiger charge is 2.09. The Kier molecular flexibility index (Phi) is 4.37. The molecular weight excluding hydrogens is 276 g/mol. The molecule has 0 spiro atoms. The smallest absolute Gasteiger partial charge is 0.313 e. The van der Waals surface area contributed by atoms with Gasteiger partial charge in [0.15, 0.2) is 0 Å². The highest BCUT2D eigenvalue weighted by atomic mass is 32.2. The second kappa shape index (κ2) is 6.21. The van der Waals surface area contributed by atoms with Gasteiger partial charge in [-0.2, -0.15) is 0 Å². The second-order valence-corrected chi connectivity index (χ2v) is 5.02. The van der Waals surface area contributed by atoms with E-state index in [4.69, 9.17) is 10.8 Å². The van der Waals surface area contributed by atoms with Gasteiger partial charge in [0.1, 0.15) is 0 Å². The quantitative estimate of drug-likeness (QED) is 0.821. The zero-order chi connectivity index (χ0) is 14.5. The molecule has 0 aliphatic rings. The number of nitrogens with zero attached hydrogens (tertiary/aromatic N) is 1. The first kappa shape index (κ1) is 14.1. The number of primary amides is 1. The maximum Gasteiger partial charge on any atom is 0.313 e. The molecule has 20 heavy (non-hydrogen) atoms. The monoisotopic (exact) mass is 288 g/mol. The molecule has 0 aliphatic carbocycles. The van der Waals surface area contributed by atoms with Gasteiger partial charge in [0.2, 0.25) is 5.91 Å². The molecule has 0 saturated heterocycles. The topological polar surface area (TPSA) is 93.3 Å². The number of hydrogen-bond acceptors (Lipinski definition) is 4. The molecule has 2 rings (SSSR count). The zero-order valence-corrected chi connectivity index (χ0v) is 11.3. The Bertz CT molecular complexity index is 658. The van der Waals surface area contributed by atoms with Crippen LogP contribution < -0.4 is 5.73 Å². The molecule has 1 heterocycles. The number of amides is 1. The minimum Gasteiger partial charge on any atom is -0.481 e. The van der Waals surface area contributed by atoms with Gasteiger partial charge in [-0.1, -0.05) is 12.1 Å². The van der Waals surface area contributed by atoms with Crippen molar-refractivity contribution in [2.45, 2.75) is 4.90 Å². The Balaban J connectivity index is 2.39. The molecular formula is C14H12N2O3S. The second-order valence-electron chi connectivity index (χ2n) is 4.00. The lowest BCUT2D eigenvalue weighted by molar-refractivity contribution is -0.133. The number of carboxylic acids is 1. The lowest BCUT2D eigenvalue weighted by Crippen LogP contribution is -2.10. The summed E-state index contributed by atoms with van der Waals surface area (Å²) in [6.07, 6.45) is 3.25. The minimum absolute atomic E-state index is 0.0352. The van der Waals surface area contributed by atoms with Gasteiger partial charge in [-0.05, 0) is 23.8 Å². The predicted molar refractivity (Wildman–Crippen MR) is 76.6 cm³/mol. The van der Waals surface area contributed by atoms with Gasteiger partial charge in [0.05, 0.1) is 5.75 Å². The Morgan fingerprint density at radius 2 is 2.10 bits per heavy atom. The third kappa shape index (κ3) is 3.36. The van der Waals surface area contributed by atoms with Gasteiger partial charge >= 0.3 is 5.97 Å². The van der Waals surface area contributed by atoms with Crippen molar-refractivity contribution in [2.24, 2.45) is 5.73 Å². The summed E-state index contributed by atoms with van der Waals surface area (Å²) in [6.45, 7) is 0. The number of carboxylic acid groups (broad SMARTS) is 1. The Morgan fingerprint density at radius 1 is 1.30 bits per heavy atom. The summed E-state index contributed by atoms with van der Waals surface area (Å²) in [7, 11) is 0. The summed E-state index contributed by atoms with van der Waals surface area (Å²) in [4.78, 5) is 26.7. The van der Waals surface area contributed by atoms with E-state index in [0.29, 0.717) is 5.56 Å². The van der Waals surface area contributed by atoms with Crippen molar-refractivity contribution < 1.29 is 14.7 Å². The third-order valence-corrected chi connectivity index (χ3v) is 3.65. The number of nitrogens with two attached hydrogens (primary N) is 1. The van der Waals surface area contributed by atoms with Crippen LogP contribution in [0.25, 0.3) is 11.1 Å². The molecule has 0 fully saturated rings. The number of benzene rings is 1. The van der Waals surface area contributed by atoms with Crippen LogP contribution in [-0.4, -0.2) is 27.7 Å². The van der Waals surface area contributed by atoms with Crippen LogP contribution in [0.1, 0.15) is 10.4 Å². The van der Waals surface area contributed by atoms with Gasteiger partial charge in [-0.15, -0.1) is 11.8 Å². The first-order chi connectivity index (χ1) is 9.58. The number of rotatable bonds is 5. The molecule has 6 heteroatoms. The van der Waals surface area contributed by atoms with E-state index in [1.807, 2.05) is 6.07 Å². The minimum atomic E-state index is -0.886. The maximum atomic E-state index is 11.2. The number of carbonyl (C=O) groups excluding carboxylic acids is 1. The van der Waals surface area contributed by atoms with Gasteiger partial charge in [-0.3, -0.25) is 14.6 Å². The van der Waals surface area contributed by atoms with Crippen molar-refractivity contribution in [3.63, 3.8) is 0 Å². The molecule has 3 N–H and O–H groups in total. The summed E-state index contributed by atoms with van der Waals surface area (Å²) >= 11 is 1.21. The highest BCUT2D eigenvalue weighted by Crippen LogP contribution is 2.30. The predicted octanol–water partition coefficient (Wildman–Crippen LogP) is 2.02. The number of thioether (sulfide) groups is 1. The largest absolute Gasteiger partial charge is 0.481 e. The standard InChI is InChI=1S/C14H12N2O3S/c15-14(19)10-3-1-2-9(6-10)11-7-16-5-4-12(11)20-8-13(17)18/h1-7H,8H2,(H2,15,19)(H,17,18). The van der Waals surface area contributed by atoms with Crippen LogP contribution >= 0.6 is 11.8 Å². The molecule has 1 aromatic carbocycles. The van der Waals surface area contributed by atoms with E-state index in [-0.39, 0.29) is 5.75 Å². The van der Waals surface area contributed by atoms with Crippen molar-refractivity contribution >= 4 is 23.6 Å². The van der Waals surface area contributed by atoms with Crippen molar-refractivity contribution in [3.8, 4) is 11.1 Å². The lowest BCUT2D eigenvalue weighted by Gasteiger charge is -2.08. The van der Waals surface area contributed by atoms with Gasteiger partial charge in [0.25, 0.3) is 0 Å². The molecule has 0 saturated carbocycles. The Morgan fingerprint density at radius 3 is 2.80 bits per heavy atom. The summed E-state index contributed by atoms with van der Waals surface area (Å²) in [5.74, 6) is -1.42. The first-order valence-corrected chi connectivity index (χ1v) is 6.75. The lowest BCUT2D eigenvalue weighted by atomic mass is 10.0. The van der Waals surface area contributed by atoms with Crippen molar-refractivity contribution in [1.29, 1.82) is 0 Å². The fourth-order valence-electron chi connectivity index (χ4n) is 1.70. The molecule has 0 bridgehead atoms. The number of aliphatic carboxylic acids is 1. The Labute approximate surface area is 119 Å². The van der Waals surface area contributed by atoms with Crippen LogP contribution in [0.4, 0.5) is 0 Å². The number of hydrogen-bond donors (Lipinski definition) is 2. The van der Waals surface area contributed by atoms with Crippen LogP contribution in [-0.2, 0) is 4.79 Å². The van der Waals surface area contributed by atoms with Crippen LogP contribution in [0.5, 0.6) is 0 Å². The fourth-order valence-corrected chi connectivity index (χ4v) is 2.47. The molecule has 102 valence electrons. The van der Waals surface area contributed by atoms with E-state index in [9.17, 15) is 9.59 Å². The number of pyridine rings is 1. The number of aromatic nitrogens is 1. The van der Waals surface area contributed by atoms with Gasteiger partial charge in [-0.25, -0.2) is 0 Å². The van der Waals surface area contributed by atoms with E-state index < -0.39 is 11.9 Å². The van der Waals surface area contributed by atoms with Crippen LogP contribution in [0.2, 0.25) is 0 Å². The third-order valence-electron chi connectivity index (χ3n) is 2.59. The SMILES string of the molecule is NC(=O)c1cccc(-c2cnccc2SCC(=O)O)c1. The fraction of sp³-hybridized carbons (Fsp3) is 0.0714. The highest BCUT2D eigenvalue weighted by molar-refractivity contribution is 8.00. The van der Waals surface area contributed by atoms with E-state index >= 15 is 0 Å². The first-order valence-electron chi connectivity index (χ1n) is 5.77. The summed E-state index contributed by atoms with van der Waals surface area (Å²) < 4.78 is 0. The summed E-state index contributed by atoms with van der Waals surface area (Å²) in [5, 5.41) is 8.76. The Hall–Kier alpha value is -2.34. The molecule has 1 amide bonds. The van der Waals surface area contributed by atoms with Crippen LogP contribution in [0.3, 0.4) is 0 Å². The molecule has 0 radical (unpaired) electrons. The van der Waals surface area contributed by atoms with Crippen molar-refractivity contribution in [1.82, 2.24) is 4.98 Å².